The largest absolute Gasteiger partial charge is 0.388 e. The Bertz CT molecular complexity index is 539. The smallest absolute Gasteiger partial charge is 0.123 e. The lowest BCUT2D eigenvalue weighted by atomic mass is 9.87. The summed E-state index contributed by atoms with van der Waals surface area (Å²) in [5.41, 5.74) is 8.61. The van der Waals surface area contributed by atoms with E-state index < -0.39 is 6.10 Å². The minimum atomic E-state index is -0.730. The zero-order valence-electron chi connectivity index (χ0n) is 10.9. The first-order valence-corrected chi connectivity index (χ1v) is 6.32. The highest BCUT2D eigenvalue weighted by atomic mass is 19.1. The summed E-state index contributed by atoms with van der Waals surface area (Å²) < 4.78 is 12.9. The molecule has 0 heterocycles. The van der Waals surface area contributed by atoms with Crippen molar-refractivity contribution in [1.82, 2.24) is 0 Å². The Hall–Kier alpha value is -1.71. The molecule has 0 fully saturated rings. The van der Waals surface area contributed by atoms with Gasteiger partial charge in [-0.1, -0.05) is 36.4 Å². The van der Waals surface area contributed by atoms with E-state index in [1.807, 2.05) is 31.2 Å². The van der Waals surface area contributed by atoms with Crippen LogP contribution in [0.4, 0.5) is 4.39 Å². The molecule has 0 radical (unpaired) electrons. The fourth-order valence-corrected chi connectivity index (χ4v) is 2.32. The third-order valence-corrected chi connectivity index (χ3v) is 3.43. The van der Waals surface area contributed by atoms with Crippen LogP contribution in [0.1, 0.15) is 28.7 Å². The number of halogens is 1. The molecule has 3 N–H and O–H groups in total. The molecule has 0 bridgehead atoms. The SMILES string of the molecule is Cc1ccccc1C(CN)C(O)c1ccc(F)cc1. The van der Waals surface area contributed by atoms with Crippen molar-refractivity contribution < 1.29 is 9.50 Å². The van der Waals surface area contributed by atoms with Crippen LogP contribution in [-0.2, 0) is 0 Å². The van der Waals surface area contributed by atoms with E-state index in [0.29, 0.717) is 12.1 Å². The molecule has 2 atom stereocenters. The lowest BCUT2D eigenvalue weighted by molar-refractivity contribution is 0.147. The zero-order chi connectivity index (χ0) is 13.8. The molecule has 100 valence electrons. The molecule has 19 heavy (non-hydrogen) atoms. The van der Waals surface area contributed by atoms with E-state index >= 15 is 0 Å². The van der Waals surface area contributed by atoms with Crippen molar-refractivity contribution in [2.24, 2.45) is 5.73 Å². The standard InChI is InChI=1S/C16H18FNO/c1-11-4-2-3-5-14(11)15(10-18)16(19)12-6-8-13(17)9-7-12/h2-9,15-16,19H,10,18H2,1H3. The van der Waals surface area contributed by atoms with Crippen molar-refractivity contribution in [2.75, 3.05) is 6.54 Å². The third kappa shape index (κ3) is 3.00. The number of rotatable bonds is 4. The number of aliphatic hydroxyl groups excluding tert-OH is 1. The average molecular weight is 259 g/mol. The van der Waals surface area contributed by atoms with Crippen LogP contribution in [0.2, 0.25) is 0 Å². The predicted octanol–water partition coefficient (Wildman–Crippen LogP) is 2.91. The van der Waals surface area contributed by atoms with Crippen molar-refractivity contribution in [2.45, 2.75) is 18.9 Å². The minimum absolute atomic E-state index is 0.188. The summed E-state index contributed by atoms with van der Waals surface area (Å²) in [6, 6.07) is 13.8. The highest BCUT2D eigenvalue weighted by Gasteiger charge is 2.22. The Balaban J connectivity index is 2.32. The lowest BCUT2D eigenvalue weighted by Crippen LogP contribution is -2.21. The number of aryl methyl sites for hydroxylation is 1. The molecule has 0 amide bonds. The first-order chi connectivity index (χ1) is 9.13. The van der Waals surface area contributed by atoms with Crippen LogP contribution in [0.3, 0.4) is 0 Å². The van der Waals surface area contributed by atoms with Crippen LogP contribution in [-0.4, -0.2) is 11.7 Å². The molecule has 0 spiro atoms. The van der Waals surface area contributed by atoms with Gasteiger partial charge in [0.15, 0.2) is 0 Å². The summed E-state index contributed by atoms with van der Waals surface area (Å²) in [5, 5.41) is 10.4. The number of benzene rings is 2. The Morgan fingerprint density at radius 1 is 1.11 bits per heavy atom. The molecule has 0 aliphatic carbocycles. The Morgan fingerprint density at radius 2 is 1.74 bits per heavy atom. The second-order valence-electron chi connectivity index (χ2n) is 4.70. The van der Waals surface area contributed by atoms with Gasteiger partial charge in [-0.2, -0.15) is 0 Å². The van der Waals surface area contributed by atoms with Crippen molar-refractivity contribution in [3.8, 4) is 0 Å². The van der Waals surface area contributed by atoms with Crippen LogP contribution in [0.15, 0.2) is 48.5 Å². The Kier molecular flexibility index (Phi) is 4.30. The summed E-state index contributed by atoms with van der Waals surface area (Å²) >= 11 is 0. The van der Waals surface area contributed by atoms with Gasteiger partial charge in [0.25, 0.3) is 0 Å². The molecule has 2 unspecified atom stereocenters. The van der Waals surface area contributed by atoms with Crippen molar-refractivity contribution >= 4 is 0 Å². The average Bonchev–Trinajstić information content (AvgIpc) is 2.42. The molecule has 2 aromatic rings. The summed E-state index contributed by atoms with van der Waals surface area (Å²) in [6.45, 7) is 2.33. The summed E-state index contributed by atoms with van der Waals surface area (Å²) in [7, 11) is 0. The van der Waals surface area contributed by atoms with Crippen LogP contribution in [0.25, 0.3) is 0 Å². The van der Waals surface area contributed by atoms with Gasteiger partial charge in [-0.25, -0.2) is 4.39 Å². The van der Waals surface area contributed by atoms with Gasteiger partial charge >= 0.3 is 0 Å². The van der Waals surface area contributed by atoms with Crippen LogP contribution in [0.5, 0.6) is 0 Å². The third-order valence-electron chi connectivity index (χ3n) is 3.43. The minimum Gasteiger partial charge on any atom is -0.388 e. The van der Waals surface area contributed by atoms with E-state index in [4.69, 9.17) is 5.73 Å². The highest BCUT2D eigenvalue weighted by molar-refractivity contribution is 5.33. The number of aliphatic hydroxyl groups is 1. The molecule has 0 aliphatic rings. The monoisotopic (exact) mass is 259 g/mol. The second-order valence-corrected chi connectivity index (χ2v) is 4.70. The van der Waals surface area contributed by atoms with Crippen LogP contribution >= 0.6 is 0 Å². The van der Waals surface area contributed by atoms with Gasteiger partial charge in [0.05, 0.1) is 6.10 Å². The van der Waals surface area contributed by atoms with Crippen molar-refractivity contribution in [3.63, 3.8) is 0 Å². The number of hydrogen-bond donors (Lipinski definition) is 2. The predicted molar refractivity (Wildman–Crippen MR) is 74.3 cm³/mol. The summed E-state index contributed by atoms with van der Waals surface area (Å²) in [4.78, 5) is 0. The van der Waals surface area contributed by atoms with E-state index in [1.165, 1.54) is 12.1 Å². The van der Waals surface area contributed by atoms with Gasteiger partial charge in [-0.15, -0.1) is 0 Å². The number of hydrogen-bond acceptors (Lipinski definition) is 2. The maximum Gasteiger partial charge on any atom is 0.123 e. The summed E-state index contributed by atoms with van der Waals surface area (Å²) in [5.74, 6) is -0.497. The maximum atomic E-state index is 12.9. The molecule has 2 nitrogen and oxygen atoms in total. The fourth-order valence-electron chi connectivity index (χ4n) is 2.32. The molecular weight excluding hydrogens is 241 g/mol. The van der Waals surface area contributed by atoms with Gasteiger partial charge in [-0.05, 0) is 35.7 Å². The molecule has 0 saturated carbocycles. The first-order valence-electron chi connectivity index (χ1n) is 6.32. The van der Waals surface area contributed by atoms with Crippen LogP contribution in [0, 0.1) is 12.7 Å². The second kappa shape index (κ2) is 5.95. The van der Waals surface area contributed by atoms with Crippen molar-refractivity contribution in [1.29, 1.82) is 0 Å². The van der Waals surface area contributed by atoms with E-state index in [9.17, 15) is 9.50 Å². The first kappa shape index (κ1) is 13.7. The van der Waals surface area contributed by atoms with Gasteiger partial charge in [0.2, 0.25) is 0 Å². The quantitative estimate of drug-likeness (QED) is 0.886. The normalized spacial score (nSPS) is 14.1. The van der Waals surface area contributed by atoms with E-state index in [2.05, 4.69) is 0 Å². The summed E-state index contributed by atoms with van der Waals surface area (Å²) in [6.07, 6.45) is -0.730. The van der Waals surface area contributed by atoms with Crippen molar-refractivity contribution in [3.05, 3.63) is 71.0 Å². The molecular formula is C16H18FNO. The lowest BCUT2D eigenvalue weighted by Gasteiger charge is -2.23. The molecule has 0 aliphatic heterocycles. The van der Waals surface area contributed by atoms with E-state index in [0.717, 1.165) is 11.1 Å². The maximum absolute atomic E-state index is 12.9. The van der Waals surface area contributed by atoms with Gasteiger partial charge in [0, 0.05) is 12.5 Å². The fraction of sp³-hybridized carbons (Fsp3) is 0.250. The van der Waals surface area contributed by atoms with Gasteiger partial charge in [-0.3, -0.25) is 0 Å². The molecule has 0 aromatic heterocycles. The zero-order valence-corrected chi connectivity index (χ0v) is 10.9. The van der Waals surface area contributed by atoms with E-state index in [-0.39, 0.29) is 11.7 Å². The number of nitrogens with two attached hydrogens (primary N) is 1. The van der Waals surface area contributed by atoms with Crippen LogP contribution < -0.4 is 5.73 Å². The molecule has 0 saturated heterocycles. The van der Waals surface area contributed by atoms with Gasteiger partial charge < -0.3 is 10.8 Å². The highest BCUT2D eigenvalue weighted by Crippen LogP contribution is 2.31. The molecule has 2 aromatic carbocycles. The molecule has 3 heteroatoms. The van der Waals surface area contributed by atoms with Gasteiger partial charge in [0.1, 0.15) is 5.82 Å². The topological polar surface area (TPSA) is 46.2 Å². The van der Waals surface area contributed by atoms with E-state index in [1.54, 1.807) is 12.1 Å². The Labute approximate surface area is 112 Å². The molecule has 2 rings (SSSR count). The Morgan fingerprint density at radius 3 is 2.32 bits per heavy atom.